The van der Waals surface area contributed by atoms with E-state index in [0.29, 0.717) is 0 Å². The first-order chi connectivity index (χ1) is 11.8. The Morgan fingerprint density at radius 1 is 0.750 bits per heavy atom. The van der Waals surface area contributed by atoms with Gasteiger partial charge in [0.1, 0.15) is 5.75 Å². The zero-order chi connectivity index (χ0) is 17.0. The van der Waals surface area contributed by atoms with Crippen LogP contribution in [-0.2, 0) is 19.3 Å². The number of pyridine rings is 1. The molecule has 0 aliphatic heterocycles. The number of nitrogens with zero attached hydrogens (tertiary/aromatic N) is 1. The molecule has 2 heteroatoms. The molecule has 0 unspecified atom stereocenters. The van der Waals surface area contributed by atoms with Gasteiger partial charge in [-0.1, -0.05) is 51.3 Å². The average molecular weight is 325 g/mol. The summed E-state index contributed by atoms with van der Waals surface area (Å²) < 4.78 is 5.62. The normalized spacial score (nSPS) is 10.8. The Morgan fingerprint density at radius 2 is 1.54 bits per heavy atom. The fourth-order valence-electron chi connectivity index (χ4n) is 2.75. The minimum absolute atomic E-state index is 0.786. The van der Waals surface area contributed by atoms with Crippen LogP contribution in [0.15, 0.2) is 42.6 Å². The fourth-order valence-corrected chi connectivity index (χ4v) is 2.75. The van der Waals surface area contributed by atoms with Crippen molar-refractivity contribution in [3.8, 4) is 5.75 Å². The Kier molecular flexibility index (Phi) is 8.37. The summed E-state index contributed by atoms with van der Waals surface area (Å²) in [5.74, 6) is 0.964. The smallest absolute Gasteiger partial charge is 0.119 e. The third kappa shape index (κ3) is 6.74. The van der Waals surface area contributed by atoms with Gasteiger partial charge in [-0.3, -0.25) is 4.98 Å². The van der Waals surface area contributed by atoms with E-state index in [1.807, 2.05) is 0 Å². The van der Waals surface area contributed by atoms with Crippen molar-refractivity contribution in [1.29, 1.82) is 0 Å². The zero-order valence-electron chi connectivity index (χ0n) is 15.3. The van der Waals surface area contributed by atoms with Gasteiger partial charge in [0.25, 0.3) is 0 Å². The van der Waals surface area contributed by atoms with Gasteiger partial charge in [-0.25, -0.2) is 0 Å². The average Bonchev–Trinajstić information content (AvgIpc) is 2.64. The lowest BCUT2D eigenvalue weighted by molar-refractivity contribution is 0.317. The number of ether oxygens (including phenoxy) is 1. The van der Waals surface area contributed by atoms with Gasteiger partial charge in [0.2, 0.25) is 0 Å². The van der Waals surface area contributed by atoms with Crippen LogP contribution in [0.4, 0.5) is 0 Å². The summed E-state index contributed by atoms with van der Waals surface area (Å²) in [6.45, 7) is 5.16. The van der Waals surface area contributed by atoms with Crippen LogP contribution < -0.4 is 4.74 Å². The van der Waals surface area contributed by atoms with E-state index >= 15 is 0 Å². The van der Waals surface area contributed by atoms with E-state index in [1.54, 1.807) is 0 Å². The Balaban J connectivity index is 1.75. The van der Waals surface area contributed by atoms with Crippen LogP contribution >= 0.6 is 0 Å². The summed E-state index contributed by atoms with van der Waals surface area (Å²) in [6.07, 6.45) is 11.5. The van der Waals surface area contributed by atoms with E-state index in [1.165, 1.54) is 42.5 Å². The standard InChI is InChI=1S/C22H31NO/c1-3-5-6-7-8-20-10-14-21(23-18-20)13-9-19-11-15-22(16-12-19)24-17-4-2/h10-12,14-16,18H,3-9,13,17H2,1-2H3. The van der Waals surface area contributed by atoms with Crippen molar-refractivity contribution in [1.82, 2.24) is 4.98 Å². The Hall–Kier alpha value is -1.83. The van der Waals surface area contributed by atoms with Crippen molar-refractivity contribution in [2.45, 2.75) is 65.2 Å². The minimum Gasteiger partial charge on any atom is -0.494 e. The van der Waals surface area contributed by atoms with Crippen LogP contribution in [-0.4, -0.2) is 11.6 Å². The van der Waals surface area contributed by atoms with Crippen molar-refractivity contribution in [2.75, 3.05) is 6.61 Å². The number of benzene rings is 1. The van der Waals surface area contributed by atoms with Gasteiger partial charge in [-0.15, -0.1) is 0 Å². The Labute approximate surface area is 147 Å². The second-order valence-corrected chi connectivity index (χ2v) is 6.46. The highest BCUT2D eigenvalue weighted by molar-refractivity contribution is 5.28. The molecule has 1 heterocycles. The molecule has 1 aromatic heterocycles. The van der Waals surface area contributed by atoms with E-state index in [2.05, 4.69) is 61.4 Å². The Bertz CT molecular complexity index is 560. The maximum absolute atomic E-state index is 5.62. The van der Waals surface area contributed by atoms with Crippen molar-refractivity contribution in [3.05, 3.63) is 59.4 Å². The highest BCUT2D eigenvalue weighted by atomic mass is 16.5. The lowest BCUT2D eigenvalue weighted by Crippen LogP contribution is -1.97. The van der Waals surface area contributed by atoms with Gasteiger partial charge >= 0.3 is 0 Å². The number of rotatable bonds is 11. The topological polar surface area (TPSA) is 22.1 Å². The third-order valence-electron chi connectivity index (χ3n) is 4.27. The SMILES string of the molecule is CCCCCCc1ccc(CCc2ccc(OCCC)cc2)nc1. The van der Waals surface area contributed by atoms with Gasteiger partial charge in [0, 0.05) is 11.9 Å². The number of unbranched alkanes of at least 4 members (excludes halogenated alkanes) is 3. The molecule has 0 saturated carbocycles. The summed E-state index contributed by atoms with van der Waals surface area (Å²) in [6, 6.07) is 12.9. The predicted molar refractivity (Wildman–Crippen MR) is 102 cm³/mol. The van der Waals surface area contributed by atoms with E-state index in [9.17, 15) is 0 Å². The highest BCUT2D eigenvalue weighted by Gasteiger charge is 2.00. The molecule has 1 aromatic carbocycles. The van der Waals surface area contributed by atoms with Crippen molar-refractivity contribution in [3.63, 3.8) is 0 Å². The molecule has 0 fully saturated rings. The summed E-state index contributed by atoms with van der Waals surface area (Å²) in [5.41, 5.74) is 3.88. The number of aromatic nitrogens is 1. The zero-order valence-corrected chi connectivity index (χ0v) is 15.3. The maximum Gasteiger partial charge on any atom is 0.119 e. The first-order valence-electron chi connectivity index (χ1n) is 9.47. The van der Waals surface area contributed by atoms with Crippen LogP contribution in [0.25, 0.3) is 0 Å². The predicted octanol–water partition coefficient (Wildman–Crippen LogP) is 5.78. The quantitative estimate of drug-likeness (QED) is 0.489. The monoisotopic (exact) mass is 325 g/mol. The molecule has 0 amide bonds. The van der Waals surface area contributed by atoms with Gasteiger partial charge in [0.05, 0.1) is 6.61 Å². The number of aryl methyl sites for hydroxylation is 3. The molecular weight excluding hydrogens is 294 g/mol. The van der Waals surface area contributed by atoms with E-state index in [4.69, 9.17) is 4.74 Å². The first kappa shape index (κ1) is 18.5. The van der Waals surface area contributed by atoms with Crippen molar-refractivity contribution >= 4 is 0 Å². The van der Waals surface area contributed by atoms with E-state index in [-0.39, 0.29) is 0 Å². The van der Waals surface area contributed by atoms with Crippen LogP contribution in [0.5, 0.6) is 5.75 Å². The number of hydrogen-bond acceptors (Lipinski definition) is 2. The molecule has 24 heavy (non-hydrogen) atoms. The molecule has 0 radical (unpaired) electrons. The van der Waals surface area contributed by atoms with Gasteiger partial charge in [0.15, 0.2) is 0 Å². The van der Waals surface area contributed by atoms with Gasteiger partial charge in [-0.2, -0.15) is 0 Å². The Morgan fingerprint density at radius 3 is 2.21 bits per heavy atom. The molecule has 2 nitrogen and oxygen atoms in total. The third-order valence-corrected chi connectivity index (χ3v) is 4.27. The van der Waals surface area contributed by atoms with Gasteiger partial charge in [-0.05, 0) is 61.4 Å². The lowest BCUT2D eigenvalue weighted by Gasteiger charge is -2.06. The molecule has 130 valence electrons. The molecule has 0 aliphatic rings. The molecule has 0 spiro atoms. The molecule has 0 bridgehead atoms. The second-order valence-electron chi connectivity index (χ2n) is 6.46. The summed E-state index contributed by atoms with van der Waals surface area (Å²) in [7, 11) is 0. The fraction of sp³-hybridized carbons (Fsp3) is 0.500. The van der Waals surface area contributed by atoms with Crippen LogP contribution in [0.1, 0.15) is 62.8 Å². The van der Waals surface area contributed by atoms with Crippen LogP contribution in [0.3, 0.4) is 0 Å². The summed E-state index contributed by atoms with van der Waals surface area (Å²) in [4.78, 5) is 4.63. The second kappa shape index (κ2) is 10.9. The van der Waals surface area contributed by atoms with Crippen molar-refractivity contribution < 1.29 is 4.74 Å². The molecule has 0 N–H and O–H groups in total. The maximum atomic E-state index is 5.62. The summed E-state index contributed by atoms with van der Waals surface area (Å²) in [5, 5.41) is 0. The van der Waals surface area contributed by atoms with Crippen LogP contribution in [0.2, 0.25) is 0 Å². The first-order valence-corrected chi connectivity index (χ1v) is 9.47. The molecule has 0 atom stereocenters. The number of hydrogen-bond donors (Lipinski definition) is 0. The van der Waals surface area contributed by atoms with Crippen molar-refractivity contribution in [2.24, 2.45) is 0 Å². The van der Waals surface area contributed by atoms with Crippen LogP contribution in [0, 0.1) is 0 Å². The molecular formula is C22H31NO. The molecule has 2 aromatic rings. The highest BCUT2D eigenvalue weighted by Crippen LogP contribution is 2.14. The largest absolute Gasteiger partial charge is 0.494 e. The lowest BCUT2D eigenvalue weighted by atomic mass is 10.1. The van der Waals surface area contributed by atoms with E-state index < -0.39 is 0 Å². The molecule has 2 rings (SSSR count). The summed E-state index contributed by atoms with van der Waals surface area (Å²) >= 11 is 0. The van der Waals surface area contributed by atoms with E-state index in [0.717, 1.165) is 38.0 Å². The molecule has 0 saturated heterocycles. The minimum atomic E-state index is 0.786. The van der Waals surface area contributed by atoms with Gasteiger partial charge < -0.3 is 4.74 Å². The molecule has 0 aliphatic carbocycles.